The zero-order valence-corrected chi connectivity index (χ0v) is 14.9. The van der Waals surface area contributed by atoms with Gasteiger partial charge in [-0.15, -0.1) is 11.3 Å². The molecule has 0 aliphatic carbocycles. The molecule has 0 saturated heterocycles. The van der Waals surface area contributed by atoms with Gasteiger partial charge >= 0.3 is 0 Å². The molecule has 1 aromatic carbocycles. The van der Waals surface area contributed by atoms with Gasteiger partial charge in [0.05, 0.1) is 11.4 Å². The molecule has 2 aromatic rings. The van der Waals surface area contributed by atoms with Crippen molar-refractivity contribution in [2.75, 3.05) is 17.6 Å². The predicted octanol–water partition coefficient (Wildman–Crippen LogP) is 2.38. The molecule has 3 rings (SSSR count). The Morgan fingerprint density at radius 3 is 2.68 bits per heavy atom. The van der Waals surface area contributed by atoms with Gasteiger partial charge in [-0.3, -0.25) is 10.1 Å². The van der Waals surface area contributed by atoms with E-state index in [1.165, 1.54) is 10.4 Å². The molecule has 1 aromatic heterocycles. The molecule has 0 atom stereocenters. The molecular formula is C15H15F2N3O3S2. The van der Waals surface area contributed by atoms with Crippen LogP contribution < -0.4 is 5.32 Å². The van der Waals surface area contributed by atoms with Crippen molar-refractivity contribution >= 4 is 32.4 Å². The highest BCUT2D eigenvalue weighted by Gasteiger charge is 2.28. The Bertz CT molecular complexity index is 908. The number of anilines is 1. The van der Waals surface area contributed by atoms with Gasteiger partial charge in [-0.1, -0.05) is 6.07 Å². The van der Waals surface area contributed by atoms with Gasteiger partial charge in [-0.2, -0.15) is 4.31 Å². The molecule has 0 saturated carbocycles. The number of hydrogen-bond acceptors (Lipinski definition) is 5. The molecule has 0 fully saturated rings. The lowest BCUT2D eigenvalue weighted by molar-refractivity contribution is 0.101. The van der Waals surface area contributed by atoms with Crippen molar-refractivity contribution < 1.29 is 22.0 Å². The van der Waals surface area contributed by atoms with E-state index in [-0.39, 0.29) is 17.4 Å². The minimum atomic E-state index is -3.31. The molecule has 0 radical (unpaired) electrons. The third-order valence-corrected chi connectivity index (χ3v) is 6.69. The molecule has 134 valence electrons. The fraction of sp³-hybridized carbons (Fsp3) is 0.333. The highest BCUT2D eigenvalue weighted by atomic mass is 32.2. The third kappa shape index (κ3) is 3.55. The van der Waals surface area contributed by atoms with E-state index in [2.05, 4.69) is 10.3 Å². The Morgan fingerprint density at radius 1 is 1.36 bits per heavy atom. The van der Waals surface area contributed by atoms with E-state index in [0.717, 1.165) is 23.5 Å². The standard InChI is InChI=1S/C15H15F2N3O3S2/c1-2-25(22,23)20-7-6-11-12(8-20)24-15(18-11)19-14(21)13-9(16)4-3-5-10(13)17/h3-5H,2,6-8H2,1H3,(H,18,19,21). The second-order valence-corrected chi connectivity index (χ2v) is 8.76. The van der Waals surface area contributed by atoms with Crippen LogP contribution in [-0.2, 0) is 23.0 Å². The van der Waals surface area contributed by atoms with Gasteiger partial charge in [0.2, 0.25) is 10.0 Å². The van der Waals surface area contributed by atoms with Crippen LogP contribution in [-0.4, -0.2) is 35.9 Å². The van der Waals surface area contributed by atoms with Crippen LogP contribution in [0.4, 0.5) is 13.9 Å². The zero-order valence-electron chi connectivity index (χ0n) is 13.3. The molecule has 1 amide bonds. The van der Waals surface area contributed by atoms with Gasteiger partial charge < -0.3 is 0 Å². The van der Waals surface area contributed by atoms with Gasteiger partial charge in [0, 0.05) is 24.4 Å². The molecule has 25 heavy (non-hydrogen) atoms. The summed E-state index contributed by atoms with van der Waals surface area (Å²) in [5.74, 6) is -2.84. The number of aromatic nitrogens is 1. The van der Waals surface area contributed by atoms with Crippen molar-refractivity contribution in [1.29, 1.82) is 0 Å². The van der Waals surface area contributed by atoms with Crippen molar-refractivity contribution in [3.05, 3.63) is 46.0 Å². The molecule has 6 nitrogen and oxygen atoms in total. The number of carbonyl (C=O) groups is 1. The van der Waals surface area contributed by atoms with Gasteiger partial charge in [0.25, 0.3) is 5.91 Å². The van der Waals surface area contributed by atoms with E-state index in [1.54, 1.807) is 6.92 Å². The maximum atomic E-state index is 13.7. The van der Waals surface area contributed by atoms with Crippen molar-refractivity contribution in [2.45, 2.75) is 19.9 Å². The molecule has 1 aliphatic rings. The van der Waals surface area contributed by atoms with Crippen LogP contribution >= 0.6 is 11.3 Å². The van der Waals surface area contributed by atoms with E-state index >= 15 is 0 Å². The molecule has 2 heterocycles. The number of amides is 1. The summed E-state index contributed by atoms with van der Waals surface area (Å²) in [7, 11) is -3.31. The van der Waals surface area contributed by atoms with Crippen LogP contribution in [0.3, 0.4) is 0 Å². The summed E-state index contributed by atoms with van der Waals surface area (Å²) in [5, 5.41) is 2.57. The molecule has 1 N–H and O–H groups in total. The Morgan fingerprint density at radius 2 is 2.04 bits per heavy atom. The van der Waals surface area contributed by atoms with Crippen LogP contribution in [0.25, 0.3) is 0 Å². The van der Waals surface area contributed by atoms with E-state index in [4.69, 9.17) is 0 Å². The summed E-state index contributed by atoms with van der Waals surface area (Å²) >= 11 is 1.11. The molecule has 10 heteroatoms. The lowest BCUT2D eigenvalue weighted by Gasteiger charge is -2.24. The first-order chi connectivity index (χ1) is 11.8. The first-order valence-corrected chi connectivity index (χ1v) is 9.96. The summed E-state index contributed by atoms with van der Waals surface area (Å²) in [6.45, 7) is 2.08. The van der Waals surface area contributed by atoms with Crippen LogP contribution in [0, 0.1) is 11.6 Å². The number of benzene rings is 1. The quantitative estimate of drug-likeness (QED) is 0.874. The minimum absolute atomic E-state index is 0.0112. The van der Waals surface area contributed by atoms with Gasteiger partial charge in [0.1, 0.15) is 17.2 Å². The normalized spacial score (nSPS) is 15.0. The number of carbonyl (C=O) groups excluding carboxylic acids is 1. The first kappa shape index (κ1) is 17.9. The van der Waals surface area contributed by atoms with Gasteiger partial charge in [-0.05, 0) is 19.1 Å². The van der Waals surface area contributed by atoms with Crippen molar-refractivity contribution in [3.63, 3.8) is 0 Å². The number of thiazole rings is 1. The smallest absolute Gasteiger partial charge is 0.263 e. The lowest BCUT2D eigenvalue weighted by Crippen LogP contribution is -2.36. The van der Waals surface area contributed by atoms with Gasteiger partial charge in [-0.25, -0.2) is 22.2 Å². The second-order valence-electron chi connectivity index (χ2n) is 5.42. The predicted molar refractivity (Wildman–Crippen MR) is 90.0 cm³/mol. The first-order valence-electron chi connectivity index (χ1n) is 7.53. The minimum Gasteiger partial charge on any atom is -0.298 e. The summed E-state index contributed by atoms with van der Waals surface area (Å²) < 4.78 is 52.6. The fourth-order valence-corrected chi connectivity index (χ4v) is 4.68. The number of rotatable bonds is 4. The van der Waals surface area contributed by atoms with Crippen molar-refractivity contribution in [1.82, 2.24) is 9.29 Å². The fourth-order valence-electron chi connectivity index (χ4n) is 2.52. The summed E-state index contributed by atoms with van der Waals surface area (Å²) in [4.78, 5) is 17.1. The third-order valence-electron chi connectivity index (χ3n) is 3.86. The second kappa shape index (κ2) is 6.77. The highest BCUT2D eigenvalue weighted by molar-refractivity contribution is 7.89. The van der Waals surface area contributed by atoms with E-state index in [0.29, 0.717) is 23.5 Å². The average molecular weight is 387 g/mol. The summed E-state index contributed by atoms with van der Waals surface area (Å²) in [6, 6.07) is 3.17. The number of fused-ring (bicyclic) bond motifs is 1. The van der Waals surface area contributed by atoms with Crippen LogP contribution in [0.2, 0.25) is 0 Å². The van der Waals surface area contributed by atoms with Gasteiger partial charge in [0.15, 0.2) is 5.13 Å². The Hall–Kier alpha value is -1.91. The zero-order chi connectivity index (χ0) is 18.2. The summed E-state index contributed by atoms with van der Waals surface area (Å²) in [5.41, 5.74) is 0.0164. The van der Waals surface area contributed by atoms with Crippen molar-refractivity contribution in [3.8, 4) is 0 Å². The molecule has 0 unspecified atom stereocenters. The topological polar surface area (TPSA) is 79.4 Å². The average Bonchev–Trinajstić information content (AvgIpc) is 2.95. The molecular weight excluding hydrogens is 372 g/mol. The molecule has 1 aliphatic heterocycles. The number of nitrogens with one attached hydrogen (secondary N) is 1. The Balaban J connectivity index is 1.80. The lowest BCUT2D eigenvalue weighted by atomic mass is 10.2. The van der Waals surface area contributed by atoms with Crippen molar-refractivity contribution in [2.24, 2.45) is 0 Å². The Labute approximate surface area is 147 Å². The number of hydrogen-bond donors (Lipinski definition) is 1. The van der Waals surface area contributed by atoms with E-state index in [1.807, 2.05) is 0 Å². The molecule has 0 bridgehead atoms. The van der Waals surface area contributed by atoms with Crippen LogP contribution in [0.5, 0.6) is 0 Å². The highest BCUT2D eigenvalue weighted by Crippen LogP contribution is 2.30. The maximum absolute atomic E-state index is 13.7. The Kier molecular flexibility index (Phi) is 4.85. The SMILES string of the molecule is CCS(=O)(=O)N1CCc2nc(NC(=O)c3c(F)cccc3F)sc2C1. The van der Waals surface area contributed by atoms with E-state index < -0.39 is 33.1 Å². The van der Waals surface area contributed by atoms with Crippen LogP contribution in [0.1, 0.15) is 27.9 Å². The summed E-state index contributed by atoms with van der Waals surface area (Å²) in [6.07, 6.45) is 0.426. The van der Waals surface area contributed by atoms with E-state index in [9.17, 15) is 22.0 Å². The number of halogens is 2. The monoisotopic (exact) mass is 387 g/mol. The number of sulfonamides is 1. The molecule has 0 spiro atoms. The number of nitrogens with zero attached hydrogens (tertiary/aromatic N) is 2. The largest absolute Gasteiger partial charge is 0.298 e. The maximum Gasteiger partial charge on any atom is 0.263 e. The van der Waals surface area contributed by atoms with Crippen LogP contribution in [0.15, 0.2) is 18.2 Å².